The molecule has 1 aliphatic rings. The van der Waals surface area contributed by atoms with Gasteiger partial charge in [0.2, 0.25) is 5.91 Å². The molecule has 0 aliphatic carbocycles. The summed E-state index contributed by atoms with van der Waals surface area (Å²) in [6, 6.07) is 1.66. The number of nitrogens with zero attached hydrogens (tertiary/aromatic N) is 3. The number of carbonyl (C=O) groups excluding carboxylic acids is 1. The standard InChI is InChI=1S/C12H18N4O4/c1-9-6-10(14-20-9)13-11(17)7-15-2-4-16(5-3-15)8-12(18)19/h6H,2-5,7-8H2,1H3,(H,18,19)(H,13,14,17). The Balaban J connectivity index is 1.72. The second-order valence-corrected chi connectivity index (χ2v) is 4.82. The molecule has 1 aromatic rings. The number of hydrogen-bond donors (Lipinski definition) is 2. The van der Waals surface area contributed by atoms with E-state index in [9.17, 15) is 9.59 Å². The smallest absolute Gasteiger partial charge is 0.317 e. The van der Waals surface area contributed by atoms with Crippen LogP contribution in [0.3, 0.4) is 0 Å². The Morgan fingerprint density at radius 1 is 1.30 bits per heavy atom. The van der Waals surface area contributed by atoms with Crippen LogP contribution in [0.1, 0.15) is 5.76 Å². The van der Waals surface area contributed by atoms with Crippen molar-refractivity contribution in [1.82, 2.24) is 15.0 Å². The molecule has 1 fully saturated rings. The zero-order valence-corrected chi connectivity index (χ0v) is 11.3. The van der Waals surface area contributed by atoms with E-state index in [0.717, 1.165) is 0 Å². The van der Waals surface area contributed by atoms with Crippen molar-refractivity contribution in [3.05, 3.63) is 11.8 Å². The van der Waals surface area contributed by atoms with Gasteiger partial charge in [-0.1, -0.05) is 5.16 Å². The van der Waals surface area contributed by atoms with Crippen LogP contribution in [0.25, 0.3) is 0 Å². The summed E-state index contributed by atoms with van der Waals surface area (Å²) >= 11 is 0. The molecule has 2 N–H and O–H groups in total. The number of piperazine rings is 1. The molecule has 0 atom stereocenters. The number of aromatic nitrogens is 1. The molecule has 8 heteroatoms. The summed E-state index contributed by atoms with van der Waals surface area (Å²) in [5.74, 6) is 0.0853. The molecule has 8 nitrogen and oxygen atoms in total. The molecule has 0 aromatic carbocycles. The number of carboxylic acid groups (broad SMARTS) is 1. The minimum atomic E-state index is -0.822. The predicted octanol–water partition coefficient (Wildman–Crippen LogP) is -0.376. The van der Waals surface area contributed by atoms with Crippen LogP contribution in [0.2, 0.25) is 0 Å². The van der Waals surface area contributed by atoms with Crippen LogP contribution >= 0.6 is 0 Å². The van der Waals surface area contributed by atoms with Gasteiger partial charge in [0.15, 0.2) is 5.82 Å². The average Bonchev–Trinajstić information content (AvgIpc) is 2.76. The SMILES string of the molecule is Cc1cc(NC(=O)CN2CCN(CC(=O)O)CC2)no1. The fourth-order valence-corrected chi connectivity index (χ4v) is 2.11. The van der Waals surface area contributed by atoms with Crippen molar-refractivity contribution < 1.29 is 19.2 Å². The second-order valence-electron chi connectivity index (χ2n) is 4.82. The Morgan fingerprint density at radius 3 is 2.40 bits per heavy atom. The van der Waals surface area contributed by atoms with Crippen molar-refractivity contribution >= 4 is 17.7 Å². The molecule has 2 rings (SSSR count). The molecule has 0 bridgehead atoms. The molecule has 1 saturated heterocycles. The lowest BCUT2D eigenvalue weighted by molar-refractivity contribution is -0.139. The van der Waals surface area contributed by atoms with Gasteiger partial charge < -0.3 is 14.9 Å². The van der Waals surface area contributed by atoms with Gasteiger partial charge in [-0.15, -0.1) is 0 Å². The highest BCUT2D eigenvalue weighted by molar-refractivity contribution is 5.91. The van der Waals surface area contributed by atoms with Crippen molar-refractivity contribution in [2.75, 3.05) is 44.6 Å². The number of aliphatic carboxylic acids is 1. The first-order valence-electron chi connectivity index (χ1n) is 6.42. The molecule has 0 saturated carbocycles. The van der Waals surface area contributed by atoms with Gasteiger partial charge >= 0.3 is 5.97 Å². The molecule has 0 radical (unpaired) electrons. The molecule has 0 unspecified atom stereocenters. The van der Waals surface area contributed by atoms with Crippen LogP contribution in [0.15, 0.2) is 10.6 Å². The van der Waals surface area contributed by atoms with Crippen molar-refractivity contribution in [2.45, 2.75) is 6.92 Å². The highest BCUT2D eigenvalue weighted by Crippen LogP contribution is 2.07. The number of carboxylic acids is 1. The zero-order valence-electron chi connectivity index (χ0n) is 11.3. The lowest BCUT2D eigenvalue weighted by atomic mass is 10.3. The molecule has 20 heavy (non-hydrogen) atoms. The number of rotatable bonds is 5. The lowest BCUT2D eigenvalue weighted by Crippen LogP contribution is -2.49. The Bertz CT molecular complexity index is 480. The summed E-state index contributed by atoms with van der Waals surface area (Å²) in [6.45, 7) is 4.75. The molecular formula is C12H18N4O4. The van der Waals surface area contributed by atoms with E-state index >= 15 is 0 Å². The fraction of sp³-hybridized carbons (Fsp3) is 0.583. The first-order valence-corrected chi connectivity index (χ1v) is 6.42. The van der Waals surface area contributed by atoms with E-state index < -0.39 is 5.97 Å². The van der Waals surface area contributed by atoms with Crippen LogP contribution in [-0.2, 0) is 9.59 Å². The Morgan fingerprint density at radius 2 is 1.90 bits per heavy atom. The van der Waals surface area contributed by atoms with Crippen LogP contribution < -0.4 is 5.32 Å². The number of nitrogens with one attached hydrogen (secondary N) is 1. The van der Waals surface area contributed by atoms with Gasteiger partial charge in [-0.3, -0.25) is 19.4 Å². The Kier molecular flexibility index (Phi) is 4.70. The van der Waals surface area contributed by atoms with E-state index in [4.69, 9.17) is 9.63 Å². The van der Waals surface area contributed by atoms with Gasteiger partial charge in [0, 0.05) is 32.2 Å². The molecule has 110 valence electrons. The maximum absolute atomic E-state index is 11.8. The molecule has 2 heterocycles. The van der Waals surface area contributed by atoms with Gasteiger partial charge in [0.1, 0.15) is 5.76 Å². The number of anilines is 1. The Labute approximate surface area is 116 Å². The van der Waals surface area contributed by atoms with Gasteiger partial charge in [-0.25, -0.2) is 0 Å². The molecule has 1 aliphatic heterocycles. The number of amides is 1. The number of carbonyl (C=O) groups is 2. The normalized spacial score (nSPS) is 17.1. The first kappa shape index (κ1) is 14.5. The van der Waals surface area contributed by atoms with E-state index in [0.29, 0.717) is 37.8 Å². The van der Waals surface area contributed by atoms with Gasteiger partial charge in [-0.05, 0) is 6.92 Å². The first-order chi connectivity index (χ1) is 9.52. The van der Waals surface area contributed by atoms with Gasteiger partial charge in [0.05, 0.1) is 13.1 Å². The maximum atomic E-state index is 11.8. The second kappa shape index (κ2) is 6.49. The molecule has 0 spiro atoms. The fourth-order valence-electron chi connectivity index (χ4n) is 2.11. The third-order valence-corrected chi connectivity index (χ3v) is 3.09. The summed E-state index contributed by atoms with van der Waals surface area (Å²) in [6.07, 6.45) is 0. The van der Waals surface area contributed by atoms with E-state index in [2.05, 4.69) is 10.5 Å². The van der Waals surface area contributed by atoms with E-state index in [1.54, 1.807) is 13.0 Å². The highest BCUT2D eigenvalue weighted by Gasteiger charge is 2.20. The maximum Gasteiger partial charge on any atom is 0.317 e. The number of hydrogen-bond acceptors (Lipinski definition) is 6. The van der Waals surface area contributed by atoms with Crippen LogP contribution in [0.4, 0.5) is 5.82 Å². The summed E-state index contributed by atoms with van der Waals surface area (Å²) in [4.78, 5) is 26.2. The minimum Gasteiger partial charge on any atom is -0.480 e. The Hall–Kier alpha value is -1.93. The lowest BCUT2D eigenvalue weighted by Gasteiger charge is -2.33. The monoisotopic (exact) mass is 282 g/mol. The largest absolute Gasteiger partial charge is 0.480 e. The zero-order chi connectivity index (χ0) is 14.5. The van der Waals surface area contributed by atoms with E-state index in [1.165, 1.54) is 0 Å². The minimum absolute atomic E-state index is 0.0538. The van der Waals surface area contributed by atoms with Crippen molar-refractivity contribution in [3.8, 4) is 0 Å². The molecule has 1 amide bonds. The number of aryl methyl sites for hydroxylation is 1. The quantitative estimate of drug-likeness (QED) is 0.759. The predicted molar refractivity (Wildman–Crippen MR) is 70.4 cm³/mol. The molecule has 1 aromatic heterocycles. The topological polar surface area (TPSA) is 98.9 Å². The van der Waals surface area contributed by atoms with Crippen molar-refractivity contribution in [2.24, 2.45) is 0 Å². The highest BCUT2D eigenvalue weighted by atomic mass is 16.5. The third-order valence-electron chi connectivity index (χ3n) is 3.09. The van der Waals surface area contributed by atoms with Crippen molar-refractivity contribution in [1.29, 1.82) is 0 Å². The summed E-state index contributed by atoms with van der Waals surface area (Å²) in [5, 5.41) is 15.1. The molecular weight excluding hydrogens is 264 g/mol. The van der Waals surface area contributed by atoms with E-state index in [-0.39, 0.29) is 19.0 Å². The summed E-state index contributed by atoms with van der Waals surface area (Å²) < 4.78 is 4.87. The van der Waals surface area contributed by atoms with E-state index in [1.807, 2.05) is 9.80 Å². The summed E-state index contributed by atoms with van der Waals surface area (Å²) in [5.41, 5.74) is 0. The summed E-state index contributed by atoms with van der Waals surface area (Å²) in [7, 11) is 0. The third kappa shape index (κ3) is 4.32. The van der Waals surface area contributed by atoms with Crippen molar-refractivity contribution in [3.63, 3.8) is 0 Å². The van der Waals surface area contributed by atoms with Gasteiger partial charge in [0.25, 0.3) is 0 Å². The van der Waals surface area contributed by atoms with Crippen LogP contribution in [0, 0.1) is 6.92 Å². The van der Waals surface area contributed by atoms with Crippen LogP contribution in [-0.4, -0.2) is 71.2 Å². The van der Waals surface area contributed by atoms with Gasteiger partial charge in [-0.2, -0.15) is 0 Å². The average molecular weight is 282 g/mol. The van der Waals surface area contributed by atoms with Crippen LogP contribution in [0.5, 0.6) is 0 Å².